The predicted molar refractivity (Wildman–Crippen MR) is 169 cm³/mol. The molecule has 0 radical (unpaired) electrons. The minimum Gasteiger partial charge on any atom is -0.467 e. The molecule has 1 aromatic rings. The molecular weight excluding hydrogens is 622 g/mol. The highest BCUT2D eigenvalue weighted by Gasteiger charge is 2.39. The van der Waals surface area contributed by atoms with Crippen LogP contribution in [-0.2, 0) is 37.8 Å². The Hall–Kier alpha value is -3.08. The quantitative estimate of drug-likeness (QED) is 0.245. The summed E-state index contributed by atoms with van der Waals surface area (Å²) in [7, 11) is -1.18. The Labute approximate surface area is 269 Å². The number of amides is 3. The first-order valence-corrected chi connectivity index (χ1v) is 18.9. The Balaban J connectivity index is 1.67. The van der Waals surface area contributed by atoms with E-state index in [4.69, 9.17) is 18.6 Å². The molecule has 3 heterocycles. The van der Waals surface area contributed by atoms with Gasteiger partial charge in [-0.2, -0.15) is 0 Å². The van der Waals surface area contributed by atoms with Crippen LogP contribution >= 0.6 is 11.3 Å². The molecule has 0 aromatic carbocycles. The van der Waals surface area contributed by atoms with Crippen LogP contribution in [0, 0.1) is 5.92 Å². The van der Waals surface area contributed by atoms with E-state index in [0.717, 1.165) is 20.0 Å². The minimum absolute atomic E-state index is 0.00999. The summed E-state index contributed by atoms with van der Waals surface area (Å²) in [4.78, 5) is 71.7. The van der Waals surface area contributed by atoms with Crippen LogP contribution in [0.5, 0.6) is 0 Å². The van der Waals surface area contributed by atoms with Crippen molar-refractivity contribution in [3.63, 3.8) is 0 Å². The average molecular weight is 670 g/mol. The first-order chi connectivity index (χ1) is 21.1. The van der Waals surface area contributed by atoms with Gasteiger partial charge in [-0.3, -0.25) is 19.2 Å². The standard InChI is InChI=1S/C29H47N5O9SSi/c1-19(35)42-16-22(27(39)40-5)31-24(36)21(17-43-45(6,7)29(2,3)4)30-25(37)23-18-44-28(32-23)34-12-10-33(11-13-34)26(38)20-8-14-41-15-9-20/h18,20-22H,8-17H2,1-7H3,(H,30,37)(H,31,36)/t21-,22-/m0/s1. The molecule has 0 aliphatic carbocycles. The summed E-state index contributed by atoms with van der Waals surface area (Å²) in [6.07, 6.45) is 1.50. The topological polar surface area (TPSA) is 166 Å². The number of carbonyl (C=O) groups is 5. The zero-order valence-electron chi connectivity index (χ0n) is 27.3. The van der Waals surface area contributed by atoms with Gasteiger partial charge in [0.05, 0.1) is 13.7 Å². The van der Waals surface area contributed by atoms with Gasteiger partial charge in [0, 0.05) is 57.6 Å². The second kappa shape index (κ2) is 16.0. The third-order valence-electron chi connectivity index (χ3n) is 8.45. The zero-order chi connectivity index (χ0) is 33.4. The largest absolute Gasteiger partial charge is 0.467 e. The highest BCUT2D eigenvalue weighted by atomic mass is 32.1. The van der Waals surface area contributed by atoms with E-state index in [-0.39, 0.29) is 29.2 Å². The number of hydrogen-bond donors (Lipinski definition) is 2. The number of methoxy groups -OCH3 is 1. The monoisotopic (exact) mass is 669 g/mol. The highest BCUT2D eigenvalue weighted by molar-refractivity contribution is 7.13. The Kier molecular flexibility index (Phi) is 12.9. The number of nitrogens with zero attached hydrogens (tertiary/aromatic N) is 3. The summed E-state index contributed by atoms with van der Waals surface area (Å²) >= 11 is 1.30. The third-order valence-corrected chi connectivity index (χ3v) is 13.9. The van der Waals surface area contributed by atoms with E-state index in [1.165, 1.54) is 18.3 Å². The maximum absolute atomic E-state index is 13.4. The fraction of sp³-hybridized carbons (Fsp3) is 0.724. The molecule has 2 aliphatic rings. The number of esters is 2. The van der Waals surface area contributed by atoms with Gasteiger partial charge in [-0.15, -0.1) is 11.3 Å². The number of thiazole rings is 1. The van der Waals surface area contributed by atoms with Crippen molar-refractivity contribution >= 4 is 54.4 Å². The summed E-state index contributed by atoms with van der Waals surface area (Å²) in [5.41, 5.74) is 0.130. The highest BCUT2D eigenvalue weighted by Crippen LogP contribution is 2.36. The molecular formula is C29H47N5O9SSi. The molecule has 2 fully saturated rings. The summed E-state index contributed by atoms with van der Waals surface area (Å²) in [6, 6.07) is -2.46. The number of carbonyl (C=O) groups excluding carboxylic acids is 5. The molecule has 2 N–H and O–H groups in total. The van der Waals surface area contributed by atoms with Gasteiger partial charge in [-0.1, -0.05) is 20.8 Å². The molecule has 0 bridgehead atoms. The lowest BCUT2D eigenvalue weighted by Gasteiger charge is -2.37. The van der Waals surface area contributed by atoms with Gasteiger partial charge >= 0.3 is 11.9 Å². The van der Waals surface area contributed by atoms with Crippen LogP contribution in [-0.4, -0.2) is 120 Å². The van der Waals surface area contributed by atoms with Gasteiger partial charge in [0.15, 0.2) is 19.5 Å². The molecule has 14 nitrogen and oxygen atoms in total. The van der Waals surface area contributed by atoms with Crippen molar-refractivity contribution in [2.24, 2.45) is 5.92 Å². The fourth-order valence-corrected chi connectivity index (χ4v) is 6.42. The van der Waals surface area contributed by atoms with Crippen LogP contribution in [0.15, 0.2) is 5.38 Å². The van der Waals surface area contributed by atoms with Gasteiger partial charge in [0.2, 0.25) is 11.8 Å². The molecule has 3 rings (SSSR count). The molecule has 45 heavy (non-hydrogen) atoms. The lowest BCUT2D eigenvalue weighted by Crippen LogP contribution is -2.56. The van der Waals surface area contributed by atoms with Crippen molar-refractivity contribution in [1.82, 2.24) is 20.5 Å². The lowest BCUT2D eigenvalue weighted by molar-refractivity contribution is -0.151. The predicted octanol–water partition coefficient (Wildman–Crippen LogP) is 1.56. The number of anilines is 1. The fourth-order valence-electron chi connectivity index (χ4n) is 4.54. The maximum Gasteiger partial charge on any atom is 0.331 e. The van der Waals surface area contributed by atoms with E-state index in [1.54, 1.807) is 5.38 Å². The van der Waals surface area contributed by atoms with E-state index in [9.17, 15) is 24.0 Å². The molecule has 3 amide bonds. The number of aromatic nitrogens is 1. The van der Waals surface area contributed by atoms with Crippen LogP contribution in [0.25, 0.3) is 0 Å². The second-order valence-corrected chi connectivity index (χ2v) is 18.3. The first-order valence-electron chi connectivity index (χ1n) is 15.2. The van der Waals surface area contributed by atoms with E-state index >= 15 is 0 Å². The van der Waals surface area contributed by atoms with Crippen molar-refractivity contribution in [2.45, 2.75) is 70.8 Å². The zero-order valence-corrected chi connectivity index (χ0v) is 29.1. The molecule has 0 saturated carbocycles. The van der Waals surface area contributed by atoms with Gasteiger partial charge < -0.3 is 39.1 Å². The van der Waals surface area contributed by atoms with Crippen molar-refractivity contribution in [1.29, 1.82) is 0 Å². The Morgan fingerprint density at radius 3 is 2.27 bits per heavy atom. The van der Waals surface area contributed by atoms with Crippen LogP contribution in [0.1, 0.15) is 51.0 Å². The molecule has 252 valence electrons. The maximum atomic E-state index is 13.4. The average Bonchev–Trinajstić information content (AvgIpc) is 3.51. The summed E-state index contributed by atoms with van der Waals surface area (Å²) in [6.45, 7) is 14.4. The van der Waals surface area contributed by atoms with Crippen LogP contribution in [0.2, 0.25) is 18.1 Å². The number of piperazine rings is 1. The summed E-state index contributed by atoms with van der Waals surface area (Å²) in [5.74, 6) is -2.54. The number of ether oxygens (including phenoxy) is 3. The molecule has 16 heteroatoms. The van der Waals surface area contributed by atoms with Gasteiger partial charge in [-0.25, -0.2) is 9.78 Å². The molecule has 2 atom stereocenters. The normalized spacial score (nSPS) is 17.7. The van der Waals surface area contributed by atoms with E-state index < -0.39 is 50.8 Å². The van der Waals surface area contributed by atoms with Crippen molar-refractivity contribution in [2.75, 3.05) is 64.6 Å². The third kappa shape index (κ3) is 10.2. The number of nitrogens with one attached hydrogen (secondary N) is 2. The Morgan fingerprint density at radius 1 is 1.04 bits per heavy atom. The molecule has 2 saturated heterocycles. The molecule has 1 aromatic heterocycles. The Morgan fingerprint density at radius 2 is 1.69 bits per heavy atom. The lowest BCUT2D eigenvalue weighted by atomic mass is 9.98. The van der Waals surface area contributed by atoms with Crippen LogP contribution < -0.4 is 15.5 Å². The Bertz CT molecular complexity index is 1210. The van der Waals surface area contributed by atoms with Crippen molar-refractivity contribution in [3.05, 3.63) is 11.1 Å². The molecule has 0 unspecified atom stereocenters. The second-order valence-electron chi connectivity index (χ2n) is 12.7. The van der Waals surface area contributed by atoms with Gasteiger partial charge in [0.25, 0.3) is 5.91 Å². The number of rotatable bonds is 12. The van der Waals surface area contributed by atoms with E-state index in [2.05, 4.69) is 36.4 Å². The minimum atomic E-state index is -2.33. The summed E-state index contributed by atoms with van der Waals surface area (Å²) in [5, 5.41) is 7.32. The van der Waals surface area contributed by atoms with Gasteiger partial charge in [-0.05, 0) is 31.0 Å². The van der Waals surface area contributed by atoms with E-state index in [0.29, 0.717) is 44.5 Å². The molecule has 2 aliphatic heterocycles. The summed E-state index contributed by atoms with van der Waals surface area (Å²) < 4.78 is 21.3. The first kappa shape index (κ1) is 36.4. The van der Waals surface area contributed by atoms with Crippen molar-refractivity contribution in [3.8, 4) is 0 Å². The van der Waals surface area contributed by atoms with Crippen LogP contribution in [0.4, 0.5) is 5.13 Å². The van der Waals surface area contributed by atoms with Crippen LogP contribution in [0.3, 0.4) is 0 Å². The molecule has 0 spiro atoms. The SMILES string of the molecule is COC(=O)[C@H](COC(C)=O)NC(=O)[C@H](CO[Si](C)(C)C(C)(C)C)NC(=O)c1csc(N2CCN(C(=O)C3CCOCC3)CC2)n1. The van der Waals surface area contributed by atoms with Gasteiger partial charge in [0.1, 0.15) is 18.3 Å². The van der Waals surface area contributed by atoms with Crippen molar-refractivity contribution < 1.29 is 42.6 Å². The smallest absolute Gasteiger partial charge is 0.331 e. The number of hydrogen-bond acceptors (Lipinski definition) is 12. The van der Waals surface area contributed by atoms with E-state index in [1.807, 2.05) is 22.9 Å².